The quantitative estimate of drug-likeness (QED) is 0.328. The Morgan fingerprint density at radius 2 is 1.96 bits per heavy atom. The molecule has 2 heterocycles. The molecule has 27 heavy (non-hydrogen) atoms. The lowest BCUT2D eigenvalue weighted by Crippen LogP contribution is -2.17. The number of carbonyl (C=O) groups excluding carboxylic acids is 2. The van der Waals surface area contributed by atoms with Crippen LogP contribution < -0.4 is 5.32 Å². The number of esters is 1. The van der Waals surface area contributed by atoms with Gasteiger partial charge in [-0.25, -0.2) is 14.8 Å². The minimum atomic E-state index is -0.675. The number of benzene rings is 1. The zero-order valence-corrected chi connectivity index (χ0v) is 16.5. The maximum atomic E-state index is 12.0. The van der Waals surface area contributed by atoms with Crippen LogP contribution in [0.2, 0.25) is 0 Å². The number of carbonyl (C=O) groups is 2. The van der Waals surface area contributed by atoms with Crippen molar-refractivity contribution in [3.05, 3.63) is 45.9 Å². The number of imidazole rings is 1. The van der Waals surface area contributed by atoms with Crippen LogP contribution in [0.5, 0.6) is 0 Å². The molecule has 0 bridgehead atoms. The number of anilines is 1. The summed E-state index contributed by atoms with van der Waals surface area (Å²) < 4.78 is 12.2. The smallest absolute Gasteiger partial charge is 0.414 e. The molecule has 1 aromatic carbocycles. The van der Waals surface area contributed by atoms with E-state index in [2.05, 4.69) is 20.3 Å². The number of rotatable bonds is 6. The van der Waals surface area contributed by atoms with Crippen molar-refractivity contribution in [1.29, 1.82) is 0 Å². The second-order valence-corrected chi connectivity index (χ2v) is 6.40. The van der Waals surface area contributed by atoms with Crippen LogP contribution in [-0.4, -0.2) is 38.2 Å². The van der Waals surface area contributed by atoms with Gasteiger partial charge in [0.15, 0.2) is 5.65 Å². The maximum absolute atomic E-state index is 12.0. The van der Waals surface area contributed by atoms with E-state index in [0.717, 1.165) is 5.56 Å². The Labute approximate surface area is 168 Å². The molecule has 1 N–H and O–H groups in total. The number of aromatic nitrogens is 4. The van der Waals surface area contributed by atoms with Crippen LogP contribution in [0.15, 0.2) is 36.7 Å². The van der Waals surface area contributed by atoms with Gasteiger partial charge in [-0.3, -0.25) is 10.1 Å². The Hall–Kier alpha value is -2.76. The normalized spacial score (nSPS) is 10.6. The van der Waals surface area contributed by atoms with Gasteiger partial charge in [-0.05, 0) is 35.1 Å². The molecule has 0 saturated carbocycles. The van der Waals surface area contributed by atoms with E-state index in [1.165, 1.54) is 10.9 Å². The Morgan fingerprint density at radius 1 is 1.19 bits per heavy atom. The molecule has 0 aliphatic heterocycles. The van der Waals surface area contributed by atoms with Crippen molar-refractivity contribution < 1.29 is 19.1 Å². The largest absolute Gasteiger partial charge is 0.465 e. The van der Waals surface area contributed by atoms with Gasteiger partial charge in [-0.2, -0.15) is 4.98 Å². The Bertz CT molecular complexity index is 961. The molecule has 3 rings (SSSR count). The third kappa shape index (κ3) is 4.90. The van der Waals surface area contributed by atoms with Crippen molar-refractivity contribution in [1.82, 2.24) is 19.5 Å². The third-order valence-electron chi connectivity index (χ3n) is 3.45. The van der Waals surface area contributed by atoms with E-state index in [1.807, 2.05) is 52.9 Å². The van der Waals surface area contributed by atoms with Crippen molar-refractivity contribution in [2.45, 2.75) is 20.1 Å². The van der Waals surface area contributed by atoms with E-state index in [1.54, 1.807) is 6.92 Å². The number of hydrogen-bond acceptors (Lipinski definition) is 7. The Morgan fingerprint density at radius 3 is 2.70 bits per heavy atom. The molecule has 0 spiro atoms. The van der Waals surface area contributed by atoms with Crippen molar-refractivity contribution in [3.63, 3.8) is 0 Å². The van der Waals surface area contributed by atoms with E-state index in [9.17, 15) is 9.59 Å². The van der Waals surface area contributed by atoms with Crippen molar-refractivity contribution in [2.75, 3.05) is 11.9 Å². The van der Waals surface area contributed by atoms with E-state index < -0.39 is 12.1 Å². The third-order valence-corrected chi connectivity index (χ3v) is 4.20. The second-order valence-electron chi connectivity index (χ2n) is 5.37. The summed E-state index contributed by atoms with van der Waals surface area (Å²) in [6.45, 7) is 2.12. The minimum Gasteiger partial charge on any atom is -0.465 e. The summed E-state index contributed by atoms with van der Waals surface area (Å²) in [5.41, 5.74) is 1.81. The van der Waals surface area contributed by atoms with Crippen molar-refractivity contribution in [3.8, 4) is 0 Å². The van der Waals surface area contributed by atoms with Gasteiger partial charge in [0.05, 0.1) is 12.9 Å². The minimum absolute atomic E-state index is 0.0324. The van der Waals surface area contributed by atoms with E-state index in [4.69, 9.17) is 9.47 Å². The molecule has 0 atom stereocenters. The van der Waals surface area contributed by atoms with Gasteiger partial charge >= 0.3 is 12.1 Å². The molecule has 2 aromatic heterocycles. The highest BCUT2D eigenvalue weighted by atomic mass is 127. The number of amides is 1. The molecule has 10 heteroatoms. The summed E-state index contributed by atoms with van der Waals surface area (Å²) in [5.74, 6) is -0.335. The summed E-state index contributed by atoms with van der Waals surface area (Å²) in [6, 6.07) is 9.31. The lowest BCUT2D eigenvalue weighted by molar-refractivity contribution is -0.143. The van der Waals surface area contributed by atoms with E-state index in [-0.39, 0.29) is 25.7 Å². The highest BCUT2D eigenvalue weighted by Crippen LogP contribution is 2.18. The van der Waals surface area contributed by atoms with Crippen LogP contribution in [0.1, 0.15) is 12.5 Å². The fourth-order valence-corrected chi connectivity index (χ4v) is 2.89. The molecule has 1 amide bonds. The van der Waals surface area contributed by atoms with Crippen LogP contribution in [0.3, 0.4) is 0 Å². The van der Waals surface area contributed by atoms with Gasteiger partial charge in [-0.15, -0.1) is 0 Å². The first kappa shape index (κ1) is 19.0. The summed E-state index contributed by atoms with van der Waals surface area (Å²) >= 11 is 1.99. The lowest BCUT2D eigenvalue weighted by Gasteiger charge is -2.07. The Kier molecular flexibility index (Phi) is 6.16. The number of nitrogens with one attached hydrogen (secondary N) is 1. The molecule has 0 aliphatic rings. The maximum Gasteiger partial charge on any atom is 0.414 e. The molecule has 0 unspecified atom stereocenters. The average Bonchev–Trinajstić information content (AvgIpc) is 3.04. The van der Waals surface area contributed by atoms with Gasteiger partial charge in [0, 0.05) is 0 Å². The molecule has 0 fully saturated rings. The zero-order chi connectivity index (χ0) is 19.2. The van der Waals surface area contributed by atoms with Gasteiger partial charge in [-0.1, -0.05) is 30.3 Å². The summed E-state index contributed by atoms with van der Waals surface area (Å²) in [5, 5.41) is 2.50. The summed E-state index contributed by atoms with van der Waals surface area (Å²) in [4.78, 5) is 36.4. The number of ether oxygens (including phenoxy) is 2. The SMILES string of the molecule is CCOC(=O)Cn1cnc2c(I)nc(NC(=O)OCc3ccccc3)nc21. The van der Waals surface area contributed by atoms with E-state index in [0.29, 0.717) is 14.9 Å². The number of fused-ring (bicyclic) bond motifs is 1. The first-order chi connectivity index (χ1) is 13.1. The van der Waals surface area contributed by atoms with Gasteiger partial charge in [0.1, 0.15) is 22.4 Å². The average molecular weight is 481 g/mol. The molecule has 140 valence electrons. The molecular weight excluding hydrogens is 465 g/mol. The summed E-state index contributed by atoms with van der Waals surface area (Å²) in [6.07, 6.45) is 0.807. The molecule has 9 nitrogen and oxygen atoms in total. The first-order valence-corrected chi connectivity index (χ1v) is 9.16. The highest BCUT2D eigenvalue weighted by molar-refractivity contribution is 14.1. The standard InChI is InChI=1S/C17H16IN5O4/c1-2-26-12(24)8-23-10-19-13-14(18)20-16(21-15(13)23)22-17(25)27-9-11-6-4-3-5-7-11/h3-7,10H,2,8-9H2,1H3,(H,20,21,22,25). The predicted octanol–water partition coefficient (Wildman–Crippen LogP) is 2.74. The fourth-order valence-electron chi connectivity index (χ4n) is 2.28. The number of nitrogens with zero attached hydrogens (tertiary/aromatic N) is 4. The van der Waals surface area contributed by atoms with Gasteiger partial charge < -0.3 is 14.0 Å². The zero-order valence-electron chi connectivity index (χ0n) is 14.4. The number of hydrogen-bond donors (Lipinski definition) is 1. The monoisotopic (exact) mass is 481 g/mol. The van der Waals surface area contributed by atoms with Crippen LogP contribution in [0.25, 0.3) is 11.2 Å². The van der Waals surface area contributed by atoms with Crippen LogP contribution >= 0.6 is 22.6 Å². The molecule has 3 aromatic rings. The van der Waals surface area contributed by atoms with Crippen molar-refractivity contribution in [2.24, 2.45) is 0 Å². The van der Waals surface area contributed by atoms with Gasteiger partial charge in [0.2, 0.25) is 5.95 Å². The molecular formula is C17H16IN5O4. The first-order valence-electron chi connectivity index (χ1n) is 8.08. The van der Waals surface area contributed by atoms with Gasteiger partial charge in [0.25, 0.3) is 0 Å². The highest BCUT2D eigenvalue weighted by Gasteiger charge is 2.15. The molecule has 0 radical (unpaired) electrons. The van der Waals surface area contributed by atoms with Crippen molar-refractivity contribution >= 4 is 51.8 Å². The van der Waals surface area contributed by atoms with E-state index >= 15 is 0 Å². The fraction of sp³-hybridized carbons (Fsp3) is 0.235. The van der Waals surface area contributed by atoms with Crippen LogP contribution in [0.4, 0.5) is 10.7 Å². The van der Waals surface area contributed by atoms with Crippen LogP contribution in [0, 0.1) is 3.70 Å². The van der Waals surface area contributed by atoms with Crippen LogP contribution in [-0.2, 0) is 27.4 Å². The lowest BCUT2D eigenvalue weighted by atomic mass is 10.2. The molecule has 0 aliphatic carbocycles. The predicted molar refractivity (Wildman–Crippen MR) is 105 cm³/mol. The second kappa shape index (κ2) is 8.75. The number of halogens is 1. The topological polar surface area (TPSA) is 108 Å². The summed E-state index contributed by atoms with van der Waals surface area (Å²) in [7, 11) is 0. The Balaban J connectivity index is 1.72. The molecule has 0 saturated heterocycles.